The minimum Gasteiger partial charge on any atom is -0.294 e. The van der Waals surface area contributed by atoms with Crippen LogP contribution in [0.2, 0.25) is 0 Å². The lowest BCUT2D eigenvalue weighted by atomic mass is 9.73. The monoisotopic (exact) mass is 317 g/mol. The fourth-order valence-electron chi connectivity index (χ4n) is 3.55. The molecule has 4 heteroatoms. The molecule has 0 aromatic rings. The van der Waals surface area contributed by atoms with Crippen LogP contribution in [0.25, 0.3) is 0 Å². The summed E-state index contributed by atoms with van der Waals surface area (Å²) >= 11 is 1.94. The summed E-state index contributed by atoms with van der Waals surface area (Å²) in [5.41, 5.74) is 0. The third kappa shape index (κ3) is 4.43. The normalized spacial score (nSPS) is 35.5. The molecule has 2 aliphatic heterocycles. The van der Waals surface area contributed by atoms with Crippen LogP contribution in [0, 0.1) is 41.4 Å². The Balaban J connectivity index is 1.53. The summed E-state index contributed by atoms with van der Waals surface area (Å²) in [6.07, 6.45) is 5.08. The molecule has 0 bridgehead atoms. The van der Waals surface area contributed by atoms with E-state index in [1.54, 1.807) is 0 Å². The molecule has 4 atom stereocenters. The third-order valence-corrected chi connectivity index (χ3v) is 5.93. The Labute approximate surface area is 139 Å². The van der Waals surface area contributed by atoms with E-state index in [0.29, 0.717) is 23.1 Å². The molecule has 0 aromatic carbocycles. The van der Waals surface area contributed by atoms with E-state index in [0.717, 1.165) is 19.6 Å². The Morgan fingerprint density at radius 3 is 2.55 bits per heavy atom. The standard InChI is InChI=1S/C18H27N3S/c1-2-15-13-14(4-8-18-21-11-12-22-18)3-5-16(15)6-7-17-19-9-10-20-17/h14-21H,2-3,5,9-13H2,1H3. The molecule has 2 saturated heterocycles. The summed E-state index contributed by atoms with van der Waals surface area (Å²) in [4.78, 5) is 0. The molecule has 0 spiro atoms. The maximum Gasteiger partial charge on any atom is 0.121 e. The van der Waals surface area contributed by atoms with Gasteiger partial charge in [0, 0.05) is 37.2 Å². The number of thioether (sulfide) groups is 1. The highest BCUT2D eigenvalue weighted by Crippen LogP contribution is 2.35. The quantitative estimate of drug-likeness (QED) is 0.642. The second kappa shape index (κ2) is 8.27. The van der Waals surface area contributed by atoms with Gasteiger partial charge in [-0.15, -0.1) is 11.8 Å². The van der Waals surface area contributed by atoms with Gasteiger partial charge >= 0.3 is 0 Å². The van der Waals surface area contributed by atoms with E-state index in [4.69, 9.17) is 0 Å². The number of hydrogen-bond acceptors (Lipinski definition) is 4. The molecular formula is C18H27N3S. The molecule has 1 saturated carbocycles. The predicted molar refractivity (Wildman–Crippen MR) is 94.2 cm³/mol. The summed E-state index contributed by atoms with van der Waals surface area (Å²) in [6.45, 7) is 5.47. The van der Waals surface area contributed by atoms with Crippen molar-refractivity contribution in [1.82, 2.24) is 16.0 Å². The van der Waals surface area contributed by atoms with Gasteiger partial charge < -0.3 is 0 Å². The van der Waals surface area contributed by atoms with Crippen LogP contribution in [-0.4, -0.2) is 36.9 Å². The van der Waals surface area contributed by atoms with Gasteiger partial charge in [0.2, 0.25) is 0 Å². The Morgan fingerprint density at radius 2 is 1.82 bits per heavy atom. The first-order valence-electron chi connectivity index (χ1n) is 8.69. The van der Waals surface area contributed by atoms with Crippen molar-refractivity contribution in [3.8, 4) is 23.7 Å². The van der Waals surface area contributed by atoms with Crippen molar-refractivity contribution in [2.45, 2.75) is 44.1 Å². The lowest BCUT2D eigenvalue weighted by Crippen LogP contribution is -2.30. The van der Waals surface area contributed by atoms with Crippen molar-refractivity contribution in [1.29, 1.82) is 0 Å². The molecule has 1 aliphatic carbocycles. The van der Waals surface area contributed by atoms with Gasteiger partial charge in [-0.1, -0.05) is 37.0 Å². The smallest absolute Gasteiger partial charge is 0.121 e. The van der Waals surface area contributed by atoms with Crippen molar-refractivity contribution in [2.75, 3.05) is 25.4 Å². The lowest BCUT2D eigenvalue weighted by molar-refractivity contribution is 0.248. The van der Waals surface area contributed by atoms with Crippen molar-refractivity contribution in [2.24, 2.45) is 17.8 Å². The van der Waals surface area contributed by atoms with E-state index in [9.17, 15) is 0 Å². The molecular weight excluding hydrogens is 290 g/mol. The van der Waals surface area contributed by atoms with Crippen LogP contribution < -0.4 is 16.0 Å². The van der Waals surface area contributed by atoms with Crippen LogP contribution in [0.3, 0.4) is 0 Å². The Kier molecular flexibility index (Phi) is 6.10. The zero-order chi connectivity index (χ0) is 15.2. The van der Waals surface area contributed by atoms with Gasteiger partial charge in [-0.2, -0.15) is 0 Å². The molecule has 120 valence electrons. The van der Waals surface area contributed by atoms with Gasteiger partial charge in [-0.25, -0.2) is 0 Å². The van der Waals surface area contributed by atoms with Gasteiger partial charge in [0.15, 0.2) is 0 Å². The van der Waals surface area contributed by atoms with E-state index >= 15 is 0 Å². The summed E-state index contributed by atoms with van der Waals surface area (Å²) < 4.78 is 0. The van der Waals surface area contributed by atoms with Crippen LogP contribution in [0.15, 0.2) is 0 Å². The minimum atomic E-state index is 0.209. The molecule has 0 amide bonds. The molecule has 4 unspecified atom stereocenters. The Bertz CT molecular complexity index is 472. The molecule has 3 nitrogen and oxygen atoms in total. The van der Waals surface area contributed by atoms with E-state index in [1.165, 1.54) is 31.4 Å². The van der Waals surface area contributed by atoms with E-state index in [2.05, 4.69) is 46.6 Å². The SMILES string of the molecule is CCC1CC(C#CC2NCCS2)CCC1C#CC1NCCN1. The van der Waals surface area contributed by atoms with Crippen LogP contribution >= 0.6 is 11.8 Å². The number of nitrogens with one attached hydrogen (secondary N) is 3. The molecule has 0 radical (unpaired) electrons. The number of rotatable bonds is 1. The van der Waals surface area contributed by atoms with Crippen LogP contribution in [0.1, 0.15) is 32.6 Å². The molecule has 3 rings (SSSR count). The van der Waals surface area contributed by atoms with Gasteiger partial charge in [0.05, 0.1) is 0 Å². The minimum absolute atomic E-state index is 0.209. The molecule has 3 fully saturated rings. The fourth-order valence-corrected chi connectivity index (χ4v) is 4.40. The van der Waals surface area contributed by atoms with Crippen LogP contribution in [-0.2, 0) is 0 Å². The highest BCUT2D eigenvalue weighted by molar-refractivity contribution is 8.00. The predicted octanol–water partition coefficient (Wildman–Crippen LogP) is 1.62. The van der Waals surface area contributed by atoms with Crippen molar-refractivity contribution >= 4 is 11.8 Å². The maximum atomic E-state index is 3.54. The zero-order valence-corrected chi connectivity index (χ0v) is 14.3. The average Bonchev–Trinajstić information content (AvgIpc) is 3.24. The average molecular weight is 318 g/mol. The van der Waals surface area contributed by atoms with Crippen LogP contribution in [0.5, 0.6) is 0 Å². The largest absolute Gasteiger partial charge is 0.294 e. The maximum absolute atomic E-state index is 3.54. The zero-order valence-electron chi connectivity index (χ0n) is 13.5. The Hall–Kier alpha value is -0.650. The van der Waals surface area contributed by atoms with Gasteiger partial charge in [-0.3, -0.25) is 16.0 Å². The number of hydrogen-bond donors (Lipinski definition) is 3. The van der Waals surface area contributed by atoms with E-state index < -0.39 is 0 Å². The Morgan fingerprint density at radius 1 is 0.955 bits per heavy atom. The molecule has 2 heterocycles. The first-order valence-corrected chi connectivity index (χ1v) is 9.74. The topological polar surface area (TPSA) is 36.1 Å². The highest BCUT2D eigenvalue weighted by Gasteiger charge is 2.27. The van der Waals surface area contributed by atoms with Crippen molar-refractivity contribution < 1.29 is 0 Å². The molecule has 3 N–H and O–H groups in total. The summed E-state index contributed by atoms with van der Waals surface area (Å²) in [5, 5.41) is 10.6. The second-order valence-corrected chi connectivity index (χ2v) is 7.62. The molecule has 3 aliphatic rings. The lowest BCUT2D eigenvalue weighted by Gasteiger charge is -2.30. The molecule has 0 aromatic heterocycles. The van der Waals surface area contributed by atoms with Crippen molar-refractivity contribution in [3.05, 3.63) is 0 Å². The van der Waals surface area contributed by atoms with Gasteiger partial charge in [-0.05, 0) is 25.2 Å². The second-order valence-electron chi connectivity index (χ2n) is 6.41. The van der Waals surface area contributed by atoms with Gasteiger partial charge in [0.1, 0.15) is 11.5 Å². The third-order valence-electron chi connectivity index (χ3n) is 4.88. The highest BCUT2D eigenvalue weighted by atomic mass is 32.2. The first-order chi connectivity index (χ1) is 10.8. The van der Waals surface area contributed by atoms with E-state index in [-0.39, 0.29) is 6.17 Å². The fraction of sp³-hybridized carbons (Fsp3) is 0.778. The summed E-state index contributed by atoms with van der Waals surface area (Å²) in [5.74, 6) is 17.0. The van der Waals surface area contributed by atoms with Crippen LogP contribution in [0.4, 0.5) is 0 Å². The van der Waals surface area contributed by atoms with E-state index in [1.807, 2.05) is 11.8 Å². The van der Waals surface area contributed by atoms with Gasteiger partial charge in [0.25, 0.3) is 0 Å². The molecule has 22 heavy (non-hydrogen) atoms. The summed E-state index contributed by atoms with van der Waals surface area (Å²) in [7, 11) is 0. The first kappa shape index (κ1) is 16.2. The summed E-state index contributed by atoms with van der Waals surface area (Å²) in [6, 6.07) is 0. The van der Waals surface area contributed by atoms with Crippen molar-refractivity contribution in [3.63, 3.8) is 0 Å².